The summed E-state index contributed by atoms with van der Waals surface area (Å²) in [6.07, 6.45) is 5.55. The molecule has 1 aromatic rings. The highest BCUT2D eigenvalue weighted by atomic mass is 15.2. The second-order valence-electron chi connectivity index (χ2n) is 5.30. The van der Waals surface area contributed by atoms with Crippen LogP contribution in [-0.2, 0) is 0 Å². The van der Waals surface area contributed by atoms with Gasteiger partial charge in [-0.05, 0) is 32.1 Å². The SMILES string of the molecule is CCCNc1ncc(C)c(N2CCC(C)CC2)n1. The van der Waals surface area contributed by atoms with Gasteiger partial charge in [0.25, 0.3) is 0 Å². The number of aryl methyl sites for hydroxylation is 1. The zero-order valence-electron chi connectivity index (χ0n) is 11.7. The van der Waals surface area contributed by atoms with Gasteiger partial charge in [-0.1, -0.05) is 13.8 Å². The van der Waals surface area contributed by atoms with Crippen LogP contribution < -0.4 is 10.2 Å². The highest BCUT2D eigenvalue weighted by molar-refractivity contribution is 5.49. The summed E-state index contributed by atoms with van der Waals surface area (Å²) in [6.45, 7) is 9.74. The van der Waals surface area contributed by atoms with Gasteiger partial charge in [-0.2, -0.15) is 4.98 Å². The number of hydrogen-bond acceptors (Lipinski definition) is 4. The lowest BCUT2D eigenvalue weighted by molar-refractivity contribution is 0.436. The summed E-state index contributed by atoms with van der Waals surface area (Å²) in [5, 5.41) is 3.26. The van der Waals surface area contributed by atoms with E-state index in [0.717, 1.165) is 43.7 Å². The molecule has 0 spiro atoms. The molecule has 1 aliphatic heterocycles. The Kier molecular flexibility index (Phi) is 4.39. The zero-order valence-corrected chi connectivity index (χ0v) is 11.7. The van der Waals surface area contributed by atoms with E-state index in [1.807, 2.05) is 6.20 Å². The second kappa shape index (κ2) is 6.03. The Hall–Kier alpha value is -1.32. The number of nitrogens with zero attached hydrogens (tertiary/aromatic N) is 3. The van der Waals surface area contributed by atoms with Crippen molar-refractivity contribution in [3.8, 4) is 0 Å². The normalized spacial score (nSPS) is 16.9. The first-order chi connectivity index (χ1) is 8.70. The van der Waals surface area contributed by atoms with Crippen LogP contribution in [0.15, 0.2) is 6.20 Å². The van der Waals surface area contributed by atoms with E-state index in [4.69, 9.17) is 0 Å². The topological polar surface area (TPSA) is 41.1 Å². The molecule has 0 aliphatic carbocycles. The van der Waals surface area contributed by atoms with Gasteiger partial charge >= 0.3 is 0 Å². The van der Waals surface area contributed by atoms with Crippen molar-refractivity contribution in [3.63, 3.8) is 0 Å². The lowest BCUT2D eigenvalue weighted by atomic mass is 9.99. The maximum absolute atomic E-state index is 4.66. The van der Waals surface area contributed by atoms with Gasteiger partial charge in [-0.15, -0.1) is 0 Å². The molecule has 1 fully saturated rings. The van der Waals surface area contributed by atoms with Crippen LogP contribution in [0, 0.1) is 12.8 Å². The monoisotopic (exact) mass is 248 g/mol. The summed E-state index contributed by atoms with van der Waals surface area (Å²) >= 11 is 0. The molecule has 1 N–H and O–H groups in total. The summed E-state index contributed by atoms with van der Waals surface area (Å²) in [5.41, 5.74) is 1.17. The Bertz CT molecular complexity index is 383. The minimum absolute atomic E-state index is 0.760. The first-order valence-electron chi connectivity index (χ1n) is 7.03. The second-order valence-corrected chi connectivity index (χ2v) is 5.30. The molecule has 0 amide bonds. The van der Waals surface area contributed by atoms with Gasteiger partial charge in [0.05, 0.1) is 0 Å². The van der Waals surface area contributed by atoms with Crippen LogP contribution in [0.2, 0.25) is 0 Å². The van der Waals surface area contributed by atoms with Crippen LogP contribution in [0.25, 0.3) is 0 Å². The average molecular weight is 248 g/mol. The van der Waals surface area contributed by atoms with Crippen molar-refractivity contribution in [2.75, 3.05) is 29.9 Å². The Morgan fingerprint density at radius 2 is 2.11 bits per heavy atom. The van der Waals surface area contributed by atoms with Crippen LogP contribution in [0.3, 0.4) is 0 Å². The third kappa shape index (κ3) is 3.12. The molecule has 0 bridgehead atoms. The average Bonchev–Trinajstić information content (AvgIpc) is 2.39. The number of anilines is 2. The quantitative estimate of drug-likeness (QED) is 0.889. The molecule has 4 nitrogen and oxygen atoms in total. The molecular formula is C14H24N4. The minimum Gasteiger partial charge on any atom is -0.356 e. The van der Waals surface area contributed by atoms with Crippen LogP contribution in [0.5, 0.6) is 0 Å². The lowest BCUT2D eigenvalue weighted by Crippen LogP contribution is -2.34. The smallest absolute Gasteiger partial charge is 0.224 e. The Morgan fingerprint density at radius 1 is 1.39 bits per heavy atom. The molecule has 1 aliphatic rings. The van der Waals surface area contributed by atoms with Gasteiger partial charge in [-0.25, -0.2) is 4.98 Å². The van der Waals surface area contributed by atoms with Crippen LogP contribution in [-0.4, -0.2) is 29.6 Å². The van der Waals surface area contributed by atoms with Crippen molar-refractivity contribution in [2.45, 2.75) is 40.0 Å². The highest BCUT2D eigenvalue weighted by Crippen LogP contribution is 2.24. The van der Waals surface area contributed by atoms with Crippen molar-refractivity contribution in [1.82, 2.24) is 9.97 Å². The van der Waals surface area contributed by atoms with Gasteiger partial charge in [0, 0.05) is 31.4 Å². The Morgan fingerprint density at radius 3 is 2.78 bits per heavy atom. The first-order valence-corrected chi connectivity index (χ1v) is 7.03. The molecule has 100 valence electrons. The van der Waals surface area contributed by atoms with E-state index >= 15 is 0 Å². The molecule has 1 aromatic heterocycles. The molecule has 0 radical (unpaired) electrons. The zero-order chi connectivity index (χ0) is 13.0. The fourth-order valence-electron chi connectivity index (χ4n) is 2.30. The van der Waals surface area contributed by atoms with Crippen molar-refractivity contribution in [1.29, 1.82) is 0 Å². The standard InChI is InChI=1S/C14H24N4/c1-4-7-15-14-16-10-12(3)13(17-14)18-8-5-11(2)6-9-18/h10-11H,4-9H2,1-3H3,(H,15,16,17). The van der Waals surface area contributed by atoms with E-state index in [1.165, 1.54) is 18.4 Å². The van der Waals surface area contributed by atoms with Gasteiger partial charge in [-0.3, -0.25) is 0 Å². The van der Waals surface area contributed by atoms with E-state index in [0.29, 0.717) is 0 Å². The number of aromatic nitrogens is 2. The Balaban J connectivity index is 2.10. The largest absolute Gasteiger partial charge is 0.356 e. The predicted octanol–water partition coefficient (Wildman–Crippen LogP) is 2.84. The number of rotatable bonds is 4. The summed E-state index contributed by atoms with van der Waals surface area (Å²) in [6, 6.07) is 0. The van der Waals surface area contributed by atoms with E-state index in [-0.39, 0.29) is 0 Å². The molecule has 1 saturated heterocycles. The molecule has 4 heteroatoms. The minimum atomic E-state index is 0.760. The van der Waals surface area contributed by atoms with Crippen molar-refractivity contribution in [3.05, 3.63) is 11.8 Å². The molecule has 2 heterocycles. The Labute approximate surface area is 110 Å². The fraction of sp³-hybridized carbons (Fsp3) is 0.714. The maximum Gasteiger partial charge on any atom is 0.224 e. The fourth-order valence-corrected chi connectivity index (χ4v) is 2.30. The molecule has 18 heavy (non-hydrogen) atoms. The van der Waals surface area contributed by atoms with E-state index < -0.39 is 0 Å². The van der Waals surface area contributed by atoms with Crippen molar-refractivity contribution in [2.24, 2.45) is 5.92 Å². The highest BCUT2D eigenvalue weighted by Gasteiger charge is 2.18. The number of nitrogens with one attached hydrogen (secondary N) is 1. The number of hydrogen-bond donors (Lipinski definition) is 1. The lowest BCUT2D eigenvalue weighted by Gasteiger charge is -2.32. The molecular weight excluding hydrogens is 224 g/mol. The number of piperidine rings is 1. The van der Waals surface area contributed by atoms with E-state index in [1.54, 1.807) is 0 Å². The summed E-state index contributed by atoms with van der Waals surface area (Å²) in [4.78, 5) is 11.4. The van der Waals surface area contributed by atoms with Crippen LogP contribution in [0.1, 0.15) is 38.7 Å². The summed E-state index contributed by atoms with van der Waals surface area (Å²) in [5.74, 6) is 2.72. The predicted molar refractivity (Wildman–Crippen MR) is 76.2 cm³/mol. The van der Waals surface area contributed by atoms with E-state index in [9.17, 15) is 0 Å². The van der Waals surface area contributed by atoms with Crippen molar-refractivity contribution < 1.29 is 0 Å². The van der Waals surface area contributed by atoms with Crippen molar-refractivity contribution >= 4 is 11.8 Å². The van der Waals surface area contributed by atoms with Gasteiger partial charge in [0.2, 0.25) is 5.95 Å². The van der Waals surface area contributed by atoms with Gasteiger partial charge in [0.15, 0.2) is 0 Å². The van der Waals surface area contributed by atoms with E-state index in [2.05, 4.69) is 41.0 Å². The summed E-state index contributed by atoms with van der Waals surface area (Å²) in [7, 11) is 0. The molecule has 2 rings (SSSR count). The third-order valence-corrected chi connectivity index (χ3v) is 3.56. The molecule has 0 atom stereocenters. The van der Waals surface area contributed by atoms with Crippen LogP contribution >= 0.6 is 0 Å². The van der Waals surface area contributed by atoms with Crippen LogP contribution in [0.4, 0.5) is 11.8 Å². The molecule has 0 saturated carbocycles. The van der Waals surface area contributed by atoms with Gasteiger partial charge < -0.3 is 10.2 Å². The first kappa shape index (κ1) is 13.1. The maximum atomic E-state index is 4.66. The van der Waals surface area contributed by atoms with Gasteiger partial charge in [0.1, 0.15) is 5.82 Å². The third-order valence-electron chi connectivity index (χ3n) is 3.56. The molecule has 0 aromatic carbocycles. The summed E-state index contributed by atoms with van der Waals surface area (Å²) < 4.78 is 0. The molecule has 0 unspecified atom stereocenters.